The maximum absolute atomic E-state index is 8.13. The highest BCUT2D eigenvalue weighted by molar-refractivity contribution is 5.73. The SMILES string of the molecule is COc1nc(/C=N/O)nn1C. The quantitative estimate of drug-likeness (QED) is 0.360. The molecule has 1 rings (SSSR count). The molecule has 1 aromatic heterocycles. The first-order chi connectivity index (χ1) is 5.27. The molecule has 0 atom stereocenters. The van der Waals surface area contributed by atoms with Crippen LogP contribution in [0.3, 0.4) is 0 Å². The van der Waals surface area contributed by atoms with Crippen molar-refractivity contribution in [3.63, 3.8) is 0 Å². The van der Waals surface area contributed by atoms with E-state index in [4.69, 9.17) is 9.94 Å². The number of aryl methyl sites for hydroxylation is 1. The van der Waals surface area contributed by atoms with Crippen molar-refractivity contribution in [1.29, 1.82) is 0 Å². The Bertz CT molecular complexity index is 267. The predicted molar refractivity (Wildman–Crippen MR) is 36.9 cm³/mol. The zero-order valence-corrected chi connectivity index (χ0v) is 6.22. The van der Waals surface area contributed by atoms with Crippen LogP contribution in [0.5, 0.6) is 6.01 Å². The average molecular weight is 156 g/mol. The van der Waals surface area contributed by atoms with Crippen molar-refractivity contribution in [2.75, 3.05) is 7.11 Å². The highest BCUT2D eigenvalue weighted by atomic mass is 16.5. The van der Waals surface area contributed by atoms with Crippen LogP contribution in [0.4, 0.5) is 0 Å². The Morgan fingerprint density at radius 2 is 2.45 bits per heavy atom. The van der Waals surface area contributed by atoms with E-state index in [0.29, 0.717) is 11.8 Å². The Labute approximate surface area is 63.1 Å². The minimum absolute atomic E-state index is 0.312. The molecule has 1 heterocycles. The van der Waals surface area contributed by atoms with Gasteiger partial charge in [-0.1, -0.05) is 5.16 Å². The smallest absolute Gasteiger partial charge is 0.314 e. The molecule has 0 fully saturated rings. The molecule has 60 valence electrons. The van der Waals surface area contributed by atoms with Crippen LogP contribution in [0.1, 0.15) is 5.82 Å². The third-order valence-electron chi connectivity index (χ3n) is 1.10. The van der Waals surface area contributed by atoms with Gasteiger partial charge in [0.05, 0.1) is 7.11 Å². The van der Waals surface area contributed by atoms with Gasteiger partial charge < -0.3 is 9.94 Å². The molecule has 1 N–H and O–H groups in total. The second-order valence-corrected chi connectivity index (χ2v) is 1.82. The summed E-state index contributed by atoms with van der Waals surface area (Å²) in [4.78, 5) is 3.84. The van der Waals surface area contributed by atoms with E-state index in [1.165, 1.54) is 11.8 Å². The predicted octanol–water partition coefficient (Wildman–Crippen LogP) is -0.368. The number of methoxy groups -OCH3 is 1. The Hall–Kier alpha value is -1.59. The molecule has 0 spiro atoms. The number of rotatable bonds is 2. The summed E-state index contributed by atoms with van der Waals surface area (Å²) in [5.74, 6) is 0.312. The van der Waals surface area contributed by atoms with Crippen LogP contribution in [0.2, 0.25) is 0 Å². The van der Waals surface area contributed by atoms with Crippen molar-refractivity contribution < 1.29 is 9.94 Å². The Kier molecular flexibility index (Phi) is 2.05. The summed E-state index contributed by atoms with van der Waals surface area (Å²) in [6.07, 6.45) is 1.13. The summed E-state index contributed by atoms with van der Waals surface area (Å²) in [6.45, 7) is 0. The Morgan fingerprint density at radius 3 is 2.91 bits per heavy atom. The lowest BCUT2D eigenvalue weighted by atomic mass is 10.7. The van der Waals surface area contributed by atoms with Gasteiger partial charge in [-0.05, 0) is 0 Å². The number of ether oxygens (including phenoxy) is 1. The van der Waals surface area contributed by atoms with E-state index in [1.54, 1.807) is 7.05 Å². The van der Waals surface area contributed by atoms with Gasteiger partial charge in [0, 0.05) is 7.05 Å². The van der Waals surface area contributed by atoms with Crippen LogP contribution in [-0.2, 0) is 7.05 Å². The van der Waals surface area contributed by atoms with E-state index in [1.807, 2.05) is 0 Å². The van der Waals surface area contributed by atoms with Crippen LogP contribution in [-0.4, -0.2) is 33.3 Å². The summed E-state index contributed by atoms with van der Waals surface area (Å²) in [5, 5.41) is 14.8. The van der Waals surface area contributed by atoms with Crippen LogP contribution in [0, 0.1) is 0 Å². The molecule has 0 aliphatic rings. The molecule has 0 saturated carbocycles. The summed E-state index contributed by atoms with van der Waals surface area (Å²) < 4.78 is 6.26. The first-order valence-electron chi connectivity index (χ1n) is 2.90. The number of nitrogens with zero attached hydrogens (tertiary/aromatic N) is 4. The first-order valence-corrected chi connectivity index (χ1v) is 2.90. The van der Waals surface area contributed by atoms with Gasteiger partial charge >= 0.3 is 6.01 Å². The standard InChI is InChI=1S/C5H8N4O2/c1-9-5(11-2)7-4(8-9)3-6-10/h3,10H,1-2H3/b6-3+. The highest BCUT2D eigenvalue weighted by Crippen LogP contribution is 2.02. The van der Waals surface area contributed by atoms with Crippen molar-refractivity contribution in [1.82, 2.24) is 14.8 Å². The van der Waals surface area contributed by atoms with Gasteiger partial charge in [0.2, 0.25) is 0 Å². The summed E-state index contributed by atoms with van der Waals surface area (Å²) in [5.41, 5.74) is 0. The molecule has 0 amide bonds. The fourth-order valence-corrected chi connectivity index (χ4v) is 0.673. The van der Waals surface area contributed by atoms with Crippen molar-refractivity contribution in [2.45, 2.75) is 0 Å². The molecule has 6 nitrogen and oxygen atoms in total. The molecule has 0 radical (unpaired) electrons. The zero-order valence-electron chi connectivity index (χ0n) is 6.22. The molecule has 0 bridgehead atoms. The van der Waals surface area contributed by atoms with E-state index >= 15 is 0 Å². The summed E-state index contributed by atoms with van der Waals surface area (Å²) in [7, 11) is 3.17. The van der Waals surface area contributed by atoms with Crippen LogP contribution in [0.25, 0.3) is 0 Å². The summed E-state index contributed by atoms with van der Waals surface area (Å²) >= 11 is 0. The molecular formula is C5H8N4O2. The number of hydrogen-bond acceptors (Lipinski definition) is 5. The van der Waals surface area contributed by atoms with E-state index in [0.717, 1.165) is 6.21 Å². The van der Waals surface area contributed by atoms with Crippen LogP contribution in [0.15, 0.2) is 5.16 Å². The van der Waals surface area contributed by atoms with Gasteiger partial charge in [-0.2, -0.15) is 4.98 Å². The van der Waals surface area contributed by atoms with Gasteiger partial charge in [-0.15, -0.1) is 5.10 Å². The van der Waals surface area contributed by atoms with Crippen molar-refractivity contribution >= 4 is 6.21 Å². The number of aromatic nitrogens is 3. The lowest BCUT2D eigenvalue weighted by Crippen LogP contribution is -1.95. The van der Waals surface area contributed by atoms with Gasteiger partial charge in [-0.25, -0.2) is 4.68 Å². The van der Waals surface area contributed by atoms with E-state index in [9.17, 15) is 0 Å². The van der Waals surface area contributed by atoms with E-state index < -0.39 is 0 Å². The maximum atomic E-state index is 8.13. The van der Waals surface area contributed by atoms with E-state index in [-0.39, 0.29) is 0 Å². The van der Waals surface area contributed by atoms with Gasteiger partial charge in [-0.3, -0.25) is 0 Å². The third kappa shape index (κ3) is 1.46. The molecule has 0 aliphatic carbocycles. The minimum atomic E-state index is 0.312. The van der Waals surface area contributed by atoms with Gasteiger partial charge in [0.15, 0.2) is 5.82 Å². The fraction of sp³-hybridized carbons (Fsp3) is 0.400. The molecule has 0 unspecified atom stereocenters. The second-order valence-electron chi connectivity index (χ2n) is 1.82. The summed E-state index contributed by atoms with van der Waals surface area (Å²) in [6, 6.07) is 0.375. The van der Waals surface area contributed by atoms with Crippen molar-refractivity contribution in [2.24, 2.45) is 12.2 Å². The molecule has 0 aromatic carbocycles. The van der Waals surface area contributed by atoms with Crippen LogP contribution >= 0.6 is 0 Å². The Balaban J connectivity index is 2.95. The molecular weight excluding hydrogens is 148 g/mol. The second kappa shape index (κ2) is 3.00. The lowest BCUT2D eigenvalue weighted by molar-refractivity contribution is 0.321. The number of hydrogen-bond donors (Lipinski definition) is 1. The van der Waals surface area contributed by atoms with Crippen LogP contribution < -0.4 is 4.74 Å². The first kappa shape index (κ1) is 7.52. The lowest BCUT2D eigenvalue weighted by Gasteiger charge is -1.92. The highest BCUT2D eigenvalue weighted by Gasteiger charge is 2.03. The largest absolute Gasteiger partial charge is 0.467 e. The zero-order chi connectivity index (χ0) is 8.27. The minimum Gasteiger partial charge on any atom is -0.467 e. The third-order valence-corrected chi connectivity index (χ3v) is 1.10. The Morgan fingerprint density at radius 1 is 1.73 bits per heavy atom. The van der Waals surface area contributed by atoms with Crippen molar-refractivity contribution in [3.05, 3.63) is 5.82 Å². The van der Waals surface area contributed by atoms with E-state index in [2.05, 4.69) is 15.2 Å². The fourth-order valence-electron chi connectivity index (χ4n) is 0.673. The van der Waals surface area contributed by atoms with Gasteiger partial charge in [0.25, 0.3) is 0 Å². The molecule has 11 heavy (non-hydrogen) atoms. The molecule has 0 saturated heterocycles. The van der Waals surface area contributed by atoms with Gasteiger partial charge in [0.1, 0.15) is 6.21 Å². The normalized spacial score (nSPS) is 10.7. The molecule has 1 aromatic rings. The topological polar surface area (TPSA) is 72.5 Å². The maximum Gasteiger partial charge on any atom is 0.314 e. The van der Waals surface area contributed by atoms with Crippen molar-refractivity contribution in [3.8, 4) is 6.01 Å². The molecule has 0 aliphatic heterocycles. The average Bonchev–Trinajstić information content (AvgIpc) is 2.32. The monoisotopic (exact) mass is 156 g/mol. The number of oxime groups is 1. The molecule has 6 heteroatoms.